The van der Waals surface area contributed by atoms with Gasteiger partial charge in [-0.25, -0.2) is 0 Å². The summed E-state index contributed by atoms with van der Waals surface area (Å²) in [4.78, 5) is 4.14. The third-order valence-electron chi connectivity index (χ3n) is 1.74. The molecule has 0 unspecified atom stereocenters. The Morgan fingerprint density at radius 1 is 1.67 bits per heavy atom. The lowest BCUT2D eigenvalue weighted by Gasteiger charge is -2.10. The zero-order chi connectivity index (χ0) is 8.97. The van der Waals surface area contributed by atoms with Gasteiger partial charge in [-0.2, -0.15) is 0 Å². The number of aromatic nitrogens is 1. The summed E-state index contributed by atoms with van der Waals surface area (Å²) < 4.78 is 0. The monoisotopic (exact) mass is 184 g/mol. The summed E-state index contributed by atoms with van der Waals surface area (Å²) in [5, 5.41) is 0.665. The lowest BCUT2D eigenvalue weighted by molar-refractivity contribution is 0.622. The molecule has 0 aromatic carbocycles. The van der Waals surface area contributed by atoms with Crippen molar-refractivity contribution < 1.29 is 0 Å². The van der Waals surface area contributed by atoms with E-state index in [0.29, 0.717) is 5.02 Å². The fraction of sp³-hybridized carbons (Fsp3) is 0.444. The zero-order valence-corrected chi connectivity index (χ0v) is 7.88. The first-order chi connectivity index (χ1) is 5.75. The maximum atomic E-state index is 5.91. The largest absolute Gasteiger partial charge is 0.323 e. The van der Waals surface area contributed by atoms with E-state index >= 15 is 0 Å². The van der Waals surface area contributed by atoms with Crippen molar-refractivity contribution in [1.29, 1.82) is 0 Å². The molecule has 1 aromatic rings. The molecule has 0 bridgehead atoms. The molecule has 0 spiro atoms. The van der Waals surface area contributed by atoms with Crippen molar-refractivity contribution >= 4 is 11.6 Å². The van der Waals surface area contributed by atoms with E-state index in [-0.39, 0.29) is 6.04 Å². The molecule has 0 amide bonds. The highest BCUT2D eigenvalue weighted by atomic mass is 35.5. The van der Waals surface area contributed by atoms with Gasteiger partial charge in [-0.1, -0.05) is 24.9 Å². The molecular formula is C9H13ClN2. The average Bonchev–Trinajstić information content (AvgIpc) is 2.05. The third kappa shape index (κ3) is 2.19. The summed E-state index contributed by atoms with van der Waals surface area (Å²) in [5.74, 6) is 0. The Kier molecular flexibility index (Phi) is 3.50. The summed E-state index contributed by atoms with van der Waals surface area (Å²) in [6, 6.07) is 3.60. The smallest absolute Gasteiger partial charge is 0.0756 e. The minimum Gasteiger partial charge on any atom is -0.323 e. The Morgan fingerprint density at radius 2 is 2.42 bits per heavy atom. The van der Waals surface area contributed by atoms with Gasteiger partial charge in [-0.3, -0.25) is 4.98 Å². The van der Waals surface area contributed by atoms with Gasteiger partial charge in [0, 0.05) is 12.2 Å². The number of pyridine rings is 1. The standard InChI is InChI=1S/C9H13ClN2/c1-2-4-8(11)9-7(10)5-3-6-12-9/h3,5-6,8H,2,4,11H2,1H3/t8-/m0/s1. The lowest BCUT2D eigenvalue weighted by atomic mass is 10.1. The summed E-state index contributed by atoms with van der Waals surface area (Å²) in [7, 11) is 0. The Morgan fingerprint density at radius 3 is 3.00 bits per heavy atom. The van der Waals surface area contributed by atoms with Crippen molar-refractivity contribution in [3.05, 3.63) is 29.0 Å². The number of hydrogen-bond donors (Lipinski definition) is 1. The van der Waals surface area contributed by atoms with Gasteiger partial charge in [-0.15, -0.1) is 0 Å². The van der Waals surface area contributed by atoms with E-state index in [1.54, 1.807) is 6.20 Å². The van der Waals surface area contributed by atoms with E-state index < -0.39 is 0 Å². The summed E-state index contributed by atoms with van der Waals surface area (Å²) in [5.41, 5.74) is 6.67. The van der Waals surface area contributed by atoms with Crippen LogP contribution in [0.4, 0.5) is 0 Å². The van der Waals surface area contributed by atoms with Crippen LogP contribution in [-0.4, -0.2) is 4.98 Å². The van der Waals surface area contributed by atoms with Gasteiger partial charge in [0.1, 0.15) is 0 Å². The van der Waals surface area contributed by atoms with Crippen LogP contribution in [0.25, 0.3) is 0 Å². The molecule has 0 fully saturated rings. The number of nitrogens with zero attached hydrogens (tertiary/aromatic N) is 1. The van der Waals surface area contributed by atoms with Gasteiger partial charge in [0.2, 0.25) is 0 Å². The molecule has 1 heterocycles. The summed E-state index contributed by atoms with van der Waals surface area (Å²) in [6.07, 6.45) is 3.70. The number of halogens is 1. The first-order valence-electron chi connectivity index (χ1n) is 4.11. The summed E-state index contributed by atoms with van der Waals surface area (Å²) in [6.45, 7) is 2.09. The van der Waals surface area contributed by atoms with Crippen molar-refractivity contribution in [1.82, 2.24) is 4.98 Å². The van der Waals surface area contributed by atoms with E-state index in [1.165, 1.54) is 0 Å². The molecule has 1 aromatic heterocycles. The topological polar surface area (TPSA) is 38.9 Å². The molecule has 0 radical (unpaired) electrons. The second kappa shape index (κ2) is 4.43. The average molecular weight is 185 g/mol. The van der Waals surface area contributed by atoms with Crippen molar-refractivity contribution in [3.63, 3.8) is 0 Å². The molecule has 0 aliphatic heterocycles. The maximum Gasteiger partial charge on any atom is 0.0756 e. The van der Waals surface area contributed by atoms with Crippen LogP contribution in [0, 0.1) is 0 Å². The highest BCUT2D eigenvalue weighted by molar-refractivity contribution is 6.31. The minimum atomic E-state index is -0.0244. The molecule has 12 heavy (non-hydrogen) atoms. The second-order valence-electron chi connectivity index (χ2n) is 2.77. The van der Waals surface area contributed by atoms with E-state index in [0.717, 1.165) is 18.5 Å². The SMILES string of the molecule is CCC[C@H](N)c1ncccc1Cl. The Hall–Kier alpha value is -0.600. The van der Waals surface area contributed by atoms with Crippen molar-refractivity contribution in [2.24, 2.45) is 5.73 Å². The van der Waals surface area contributed by atoms with Gasteiger partial charge in [0.05, 0.1) is 10.7 Å². The first-order valence-corrected chi connectivity index (χ1v) is 4.49. The van der Waals surface area contributed by atoms with E-state index in [2.05, 4.69) is 11.9 Å². The van der Waals surface area contributed by atoms with Crippen molar-refractivity contribution in [2.45, 2.75) is 25.8 Å². The molecule has 66 valence electrons. The van der Waals surface area contributed by atoms with Crippen LogP contribution >= 0.6 is 11.6 Å². The molecule has 0 saturated heterocycles. The molecule has 2 nitrogen and oxygen atoms in total. The second-order valence-corrected chi connectivity index (χ2v) is 3.17. The molecule has 3 heteroatoms. The third-order valence-corrected chi connectivity index (χ3v) is 2.06. The number of rotatable bonds is 3. The van der Waals surface area contributed by atoms with Crippen LogP contribution in [-0.2, 0) is 0 Å². The summed E-state index contributed by atoms with van der Waals surface area (Å²) >= 11 is 5.91. The molecule has 0 saturated carbocycles. The number of hydrogen-bond acceptors (Lipinski definition) is 2. The van der Waals surface area contributed by atoms with Crippen LogP contribution in [0.3, 0.4) is 0 Å². The van der Waals surface area contributed by atoms with E-state index in [1.807, 2.05) is 12.1 Å². The number of nitrogens with two attached hydrogens (primary N) is 1. The molecule has 1 atom stereocenters. The molecule has 0 aliphatic rings. The van der Waals surface area contributed by atoms with Crippen LogP contribution in [0.2, 0.25) is 5.02 Å². The fourth-order valence-electron chi connectivity index (χ4n) is 1.12. The minimum absolute atomic E-state index is 0.0244. The van der Waals surface area contributed by atoms with E-state index in [9.17, 15) is 0 Å². The fourth-order valence-corrected chi connectivity index (χ4v) is 1.38. The highest BCUT2D eigenvalue weighted by Gasteiger charge is 2.09. The predicted octanol–water partition coefficient (Wildman–Crippen LogP) is 2.53. The molecule has 0 aliphatic carbocycles. The van der Waals surface area contributed by atoms with Crippen molar-refractivity contribution in [2.75, 3.05) is 0 Å². The van der Waals surface area contributed by atoms with Crippen LogP contribution < -0.4 is 5.73 Å². The Bertz CT molecular complexity index is 250. The molecule has 1 rings (SSSR count). The Balaban J connectivity index is 2.79. The van der Waals surface area contributed by atoms with E-state index in [4.69, 9.17) is 17.3 Å². The maximum absolute atomic E-state index is 5.91. The normalized spacial score (nSPS) is 12.9. The highest BCUT2D eigenvalue weighted by Crippen LogP contribution is 2.21. The van der Waals surface area contributed by atoms with Gasteiger partial charge in [-0.05, 0) is 18.6 Å². The van der Waals surface area contributed by atoms with Gasteiger partial charge >= 0.3 is 0 Å². The van der Waals surface area contributed by atoms with Crippen LogP contribution in [0.15, 0.2) is 18.3 Å². The van der Waals surface area contributed by atoms with Crippen LogP contribution in [0.1, 0.15) is 31.5 Å². The molecular weight excluding hydrogens is 172 g/mol. The first kappa shape index (κ1) is 9.49. The quantitative estimate of drug-likeness (QED) is 0.784. The van der Waals surface area contributed by atoms with Crippen molar-refractivity contribution in [3.8, 4) is 0 Å². The Labute approximate surface area is 77.8 Å². The van der Waals surface area contributed by atoms with Gasteiger partial charge in [0.15, 0.2) is 0 Å². The lowest BCUT2D eigenvalue weighted by Crippen LogP contribution is -2.11. The van der Waals surface area contributed by atoms with Gasteiger partial charge < -0.3 is 5.73 Å². The zero-order valence-electron chi connectivity index (χ0n) is 7.13. The predicted molar refractivity (Wildman–Crippen MR) is 51.1 cm³/mol. The van der Waals surface area contributed by atoms with Gasteiger partial charge in [0.25, 0.3) is 0 Å². The van der Waals surface area contributed by atoms with Crippen LogP contribution in [0.5, 0.6) is 0 Å². The molecule has 2 N–H and O–H groups in total.